The number of nitrogen functional groups attached to an aromatic ring is 1. The molecule has 0 aromatic heterocycles. The van der Waals surface area contributed by atoms with E-state index in [2.05, 4.69) is 5.32 Å². The summed E-state index contributed by atoms with van der Waals surface area (Å²) in [5, 5.41) is 22.2. The van der Waals surface area contributed by atoms with Gasteiger partial charge in [-0.05, 0) is 40.6 Å². The Morgan fingerprint density at radius 3 is 2.40 bits per heavy atom. The zero-order chi connectivity index (χ0) is 21.7. The molecule has 0 aliphatic heterocycles. The number of nitrogens with one attached hydrogen (secondary N) is 1. The second-order valence-electron chi connectivity index (χ2n) is 6.68. The van der Waals surface area contributed by atoms with Gasteiger partial charge in [0, 0.05) is 5.56 Å². The molecule has 0 fully saturated rings. The van der Waals surface area contributed by atoms with Crippen LogP contribution in [0.4, 0.5) is 5.69 Å². The van der Waals surface area contributed by atoms with Gasteiger partial charge in [0.15, 0.2) is 0 Å². The summed E-state index contributed by atoms with van der Waals surface area (Å²) in [4.78, 5) is 34.3. The van der Waals surface area contributed by atoms with Crippen molar-refractivity contribution in [2.24, 2.45) is 0 Å². The lowest BCUT2D eigenvalue weighted by Gasteiger charge is -2.14. The van der Waals surface area contributed by atoms with Gasteiger partial charge in [-0.15, -0.1) is 0 Å². The molecule has 0 bridgehead atoms. The van der Waals surface area contributed by atoms with Crippen molar-refractivity contribution in [1.82, 2.24) is 5.32 Å². The number of benzene rings is 3. The Balaban J connectivity index is 1.73. The molecule has 0 radical (unpaired) electrons. The highest BCUT2D eigenvalue weighted by molar-refractivity contribution is 5.98. The molecule has 1 amide bonds. The summed E-state index contributed by atoms with van der Waals surface area (Å²) in [7, 11) is 0. The highest BCUT2D eigenvalue weighted by Crippen LogP contribution is 2.25. The molecule has 3 rings (SSSR count). The SMILES string of the molecule is Nc1ccc(C(=O)N[C@@H](CC(=O)O)C(=O)O)cc1OCc1ccc2ccccc2c1. The predicted molar refractivity (Wildman–Crippen MR) is 110 cm³/mol. The van der Waals surface area contributed by atoms with Crippen molar-refractivity contribution in [3.63, 3.8) is 0 Å². The van der Waals surface area contributed by atoms with Gasteiger partial charge in [-0.3, -0.25) is 9.59 Å². The molecule has 0 saturated heterocycles. The van der Waals surface area contributed by atoms with E-state index in [9.17, 15) is 14.4 Å². The van der Waals surface area contributed by atoms with Crippen molar-refractivity contribution in [1.29, 1.82) is 0 Å². The molecule has 3 aromatic carbocycles. The van der Waals surface area contributed by atoms with E-state index in [0.717, 1.165) is 16.3 Å². The molecule has 8 heteroatoms. The number of amides is 1. The Hall–Kier alpha value is -4.07. The van der Waals surface area contributed by atoms with Crippen molar-refractivity contribution < 1.29 is 29.3 Å². The fraction of sp³-hybridized carbons (Fsp3) is 0.136. The largest absolute Gasteiger partial charge is 0.487 e. The van der Waals surface area contributed by atoms with E-state index in [0.29, 0.717) is 5.69 Å². The van der Waals surface area contributed by atoms with Gasteiger partial charge in [0.05, 0.1) is 12.1 Å². The smallest absolute Gasteiger partial charge is 0.326 e. The molecule has 0 unspecified atom stereocenters. The Labute approximate surface area is 171 Å². The first kappa shape index (κ1) is 20.7. The van der Waals surface area contributed by atoms with E-state index in [1.54, 1.807) is 0 Å². The van der Waals surface area contributed by atoms with Gasteiger partial charge in [-0.25, -0.2) is 4.79 Å². The fourth-order valence-electron chi connectivity index (χ4n) is 2.91. The number of fused-ring (bicyclic) bond motifs is 1. The van der Waals surface area contributed by atoms with Crippen LogP contribution in [0.5, 0.6) is 5.75 Å². The Morgan fingerprint density at radius 2 is 1.70 bits per heavy atom. The number of hydrogen-bond acceptors (Lipinski definition) is 5. The number of nitrogens with two attached hydrogens (primary N) is 1. The van der Waals surface area contributed by atoms with Crippen LogP contribution in [-0.2, 0) is 16.2 Å². The molecule has 3 aromatic rings. The van der Waals surface area contributed by atoms with Gasteiger partial charge in [0.1, 0.15) is 18.4 Å². The highest BCUT2D eigenvalue weighted by Gasteiger charge is 2.24. The molecule has 1 atom stereocenters. The molecular weight excluding hydrogens is 388 g/mol. The van der Waals surface area contributed by atoms with Gasteiger partial charge in [-0.1, -0.05) is 36.4 Å². The van der Waals surface area contributed by atoms with E-state index in [1.165, 1.54) is 18.2 Å². The molecule has 0 aliphatic carbocycles. The number of aliphatic carboxylic acids is 2. The molecule has 30 heavy (non-hydrogen) atoms. The van der Waals surface area contributed by atoms with Crippen molar-refractivity contribution >= 4 is 34.3 Å². The first-order valence-corrected chi connectivity index (χ1v) is 9.09. The second-order valence-corrected chi connectivity index (χ2v) is 6.68. The third kappa shape index (κ3) is 5.05. The quantitative estimate of drug-likeness (QED) is 0.420. The second kappa shape index (κ2) is 8.95. The first-order valence-electron chi connectivity index (χ1n) is 9.09. The first-order chi connectivity index (χ1) is 14.3. The van der Waals surface area contributed by atoms with Crippen LogP contribution in [0.1, 0.15) is 22.3 Å². The van der Waals surface area contributed by atoms with Crippen LogP contribution in [0.3, 0.4) is 0 Å². The maximum atomic E-state index is 12.4. The van der Waals surface area contributed by atoms with Crippen LogP contribution in [-0.4, -0.2) is 34.1 Å². The summed E-state index contributed by atoms with van der Waals surface area (Å²) in [5.74, 6) is -3.24. The molecule has 0 saturated carbocycles. The summed E-state index contributed by atoms with van der Waals surface area (Å²) in [6, 6.07) is 16.5. The Bertz CT molecular complexity index is 1110. The van der Waals surface area contributed by atoms with Crippen molar-refractivity contribution in [2.75, 3.05) is 5.73 Å². The lowest BCUT2D eigenvalue weighted by atomic mass is 10.1. The van der Waals surface area contributed by atoms with Gasteiger partial charge in [0.25, 0.3) is 5.91 Å². The maximum absolute atomic E-state index is 12.4. The normalized spacial score (nSPS) is 11.6. The predicted octanol–water partition coefficient (Wildman–Crippen LogP) is 2.66. The van der Waals surface area contributed by atoms with Crippen molar-refractivity contribution in [2.45, 2.75) is 19.1 Å². The van der Waals surface area contributed by atoms with Gasteiger partial charge in [-0.2, -0.15) is 0 Å². The molecule has 5 N–H and O–H groups in total. The van der Waals surface area contributed by atoms with E-state index in [4.69, 9.17) is 20.7 Å². The summed E-state index contributed by atoms with van der Waals surface area (Å²) in [5.41, 5.74) is 7.26. The average molecular weight is 408 g/mol. The van der Waals surface area contributed by atoms with Crippen LogP contribution in [0.15, 0.2) is 60.7 Å². The number of rotatable bonds is 8. The summed E-state index contributed by atoms with van der Waals surface area (Å²) >= 11 is 0. The third-order valence-corrected chi connectivity index (χ3v) is 4.47. The van der Waals surface area contributed by atoms with E-state index in [1.807, 2.05) is 42.5 Å². The number of hydrogen-bond donors (Lipinski definition) is 4. The van der Waals surface area contributed by atoms with E-state index >= 15 is 0 Å². The third-order valence-electron chi connectivity index (χ3n) is 4.47. The van der Waals surface area contributed by atoms with Crippen LogP contribution in [0, 0.1) is 0 Å². The van der Waals surface area contributed by atoms with Crippen LogP contribution in [0.2, 0.25) is 0 Å². The zero-order valence-corrected chi connectivity index (χ0v) is 15.9. The van der Waals surface area contributed by atoms with Gasteiger partial charge in [0.2, 0.25) is 0 Å². The minimum absolute atomic E-state index is 0.106. The highest BCUT2D eigenvalue weighted by atomic mass is 16.5. The van der Waals surface area contributed by atoms with E-state index in [-0.39, 0.29) is 17.9 Å². The number of carbonyl (C=O) groups excluding carboxylic acids is 1. The van der Waals surface area contributed by atoms with Crippen LogP contribution < -0.4 is 15.8 Å². The van der Waals surface area contributed by atoms with Crippen LogP contribution in [0.25, 0.3) is 10.8 Å². The lowest BCUT2D eigenvalue weighted by Crippen LogP contribution is -2.42. The fourth-order valence-corrected chi connectivity index (χ4v) is 2.91. The van der Waals surface area contributed by atoms with Crippen molar-refractivity contribution in [3.05, 3.63) is 71.8 Å². The zero-order valence-electron chi connectivity index (χ0n) is 15.9. The summed E-state index contributed by atoms with van der Waals surface area (Å²) < 4.78 is 5.76. The number of carbonyl (C=O) groups is 3. The van der Waals surface area contributed by atoms with Crippen LogP contribution >= 0.6 is 0 Å². The Morgan fingerprint density at radius 1 is 0.967 bits per heavy atom. The van der Waals surface area contributed by atoms with Gasteiger partial charge >= 0.3 is 11.9 Å². The number of ether oxygens (including phenoxy) is 1. The van der Waals surface area contributed by atoms with Gasteiger partial charge < -0.3 is 26.0 Å². The van der Waals surface area contributed by atoms with E-state index < -0.39 is 30.3 Å². The number of carboxylic acid groups (broad SMARTS) is 2. The molecule has 8 nitrogen and oxygen atoms in total. The standard InChI is InChI=1S/C22H20N2O6/c23-17-8-7-16(21(27)24-18(22(28)29)11-20(25)26)10-19(17)30-12-13-5-6-14-3-1-2-4-15(14)9-13/h1-10,18H,11-12,23H2,(H,24,27)(H,25,26)(H,28,29)/t18-/m0/s1. The minimum atomic E-state index is -1.55. The molecule has 0 heterocycles. The lowest BCUT2D eigenvalue weighted by molar-refractivity contribution is -0.145. The molecular formula is C22H20N2O6. The van der Waals surface area contributed by atoms with Crippen molar-refractivity contribution in [3.8, 4) is 5.75 Å². The number of carboxylic acids is 2. The number of anilines is 1. The Kier molecular flexibility index (Phi) is 6.17. The monoisotopic (exact) mass is 408 g/mol. The topological polar surface area (TPSA) is 139 Å². The summed E-state index contributed by atoms with van der Waals surface area (Å²) in [6.07, 6.45) is -0.735. The molecule has 0 aliphatic rings. The summed E-state index contributed by atoms with van der Waals surface area (Å²) in [6.45, 7) is 0.219. The average Bonchev–Trinajstić information content (AvgIpc) is 2.72. The minimum Gasteiger partial charge on any atom is -0.487 e. The maximum Gasteiger partial charge on any atom is 0.326 e. The molecule has 154 valence electrons. The molecule has 0 spiro atoms.